The van der Waals surface area contributed by atoms with Crippen molar-refractivity contribution in [2.24, 2.45) is 5.90 Å². The number of Topliss-reactive ketones (excluding diaryl/α,β-unsaturated/α-hetero) is 1. The number of nitrogens with two attached hydrogens (primary N) is 1. The first-order valence-corrected chi connectivity index (χ1v) is 28.4. The summed E-state index contributed by atoms with van der Waals surface area (Å²) in [5, 5.41) is 19.6. The Morgan fingerprint density at radius 2 is 1.17 bits per heavy atom. The number of nitrogens with one attached hydrogen (secondary N) is 8. The monoisotopic (exact) mass is 1150 g/mol. The van der Waals surface area contributed by atoms with Gasteiger partial charge in [-0.05, 0) is 138 Å². The molecule has 0 spiro atoms. The number of ketones is 1. The molecule has 10 N–H and O–H groups in total. The van der Waals surface area contributed by atoms with Gasteiger partial charge in [0.25, 0.3) is 11.8 Å². The number of rotatable bonds is 22. The number of aromatic amines is 1. The zero-order valence-corrected chi connectivity index (χ0v) is 46.7. The summed E-state index contributed by atoms with van der Waals surface area (Å²) < 4.78 is 13.7. The minimum atomic E-state index is -0.457. The fourth-order valence-electron chi connectivity index (χ4n) is 10.4. The van der Waals surface area contributed by atoms with Gasteiger partial charge in [-0.25, -0.2) is 9.97 Å². The second-order valence-electron chi connectivity index (χ2n) is 20.6. The molecule has 2 saturated heterocycles. The Labute approximate surface area is 484 Å². The molecule has 4 aliphatic rings. The third-order valence-corrected chi connectivity index (χ3v) is 14.8. The molecular formula is C57H81ClN16O8. The number of aromatic nitrogens is 8. The number of carbonyl (C=O) groups is 4. The fourth-order valence-corrected chi connectivity index (χ4v) is 10.4. The van der Waals surface area contributed by atoms with E-state index in [-0.39, 0.29) is 56.2 Å². The molecule has 2 aromatic carbocycles. The van der Waals surface area contributed by atoms with Crippen LogP contribution in [0.4, 0.5) is 34.9 Å². The summed E-state index contributed by atoms with van der Waals surface area (Å²) in [6.07, 6.45) is 24.6. The number of amides is 2. The zero-order chi connectivity index (χ0) is 55.9. The summed E-state index contributed by atoms with van der Waals surface area (Å²) in [6, 6.07) is 15.2. The third kappa shape index (κ3) is 18.6. The molecule has 2 atom stereocenters. The van der Waals surface area contributed by atoms with Crippen molar-refractivity contribution >= 4 is 93.2 Å². The van der Waals surface area contributed by atoms with Crippen LogP contribution in [0.3, 0.4) is 0 Å². The largest absolute Gasteiger partial charge is 0.373 e. The summed E-state index contributed by atoms with van der Waals surface area (Å²) in [5.74, 6) is 6.60. The Balaban J connectivity index is 0.000000258. The Bertz CT molecular complexity index is 2920. The van der Waals surface area contributed by atoms with Gasteiger partial charge in [0.1, 0.15) is 17.8 Å². The van der Waals surface area contributed by atoms with Crippen LogP contribution in [-0.2, 0) is 23.9 Å². The van der Waals surface area contributed by atoms with Crippen LogP contribution in [0.1, 0.15) is 176 Å². The number of carbonyl (C=O) groups excluding carboxylic acids is 4. The van der Waals surface area contributed by atoms with Gasteiger partial charge in [0, 0.05) is 73.7 Å². The molecule has 4 aromatic heterocycles. The SMILES string of the molecule is C.Cl.N=O.NOC(=O)CCCCNC(=O)c1ccc(Nc2nc(NC3CCCCC3)c3[nH]cnc3n2)cc1.O=C(NCCCCC(=O)C1CCCCO1)c1ccc(Nc2nc(NC3CCCCC3)c3ncn(C4CCCCO4)c3n2)cc1. The second kappa shape index (κ2) is 33.5. The Morgan fingerprint density at radius 1 is 0.634 bits per heavy atom. The predicted octanol–water partition coefficient (Wildman–Crippen LogP) is 10.6. The van der Waals surface area contributed by atoms with Gasteiger partial charge >= 0.3 is 5.97 Å². The molecule has 6 heterocycles. The number of hydrogen-bond acceptors (Lipinski definition) is 20. The second-order valence-corrected chi connectivity index (χ2v) is 20.6. The molecule has 0 radical (unpaired) electrons. The van der Waals surface area contributed by atoms with Crippen molar-refractivity contribution in [2.75, 3.05) is 47.6 Å². The lowest BCUT2D eigenvalue weighted by Gasteiger charge is -2.25. The van der Waals surface area contributed by atoms with Crippen molar-refractivity contribution in [2.45, 2.75) is 173 Å². The third-order valence-electron chi connectivity index (χ3n) is 14.8. The highest BCUT2D eigenvalue weighted by Gasteiger charge is 2.25. The maximum atomic E-state index is 12.7. The van der Waals surface area contributed by atoms with Crippen LogP contribution in [0.2, 0.25) is 0 Å². The van der Waals surface area contributed by atoms with Gasteiger partial charge in [-0.3, -0.25) is 23.7 Å². The van der Waals surface area contributed by atoms with E-state index in [4.69, 9.17) is 35.2 Å². The topological polar surface area (TPSA) is 333 Å². The zero-order valence-electron chi connectivity index (χ0n) is 45.8. The van der Waals surface area contributed by atoms with Gasteiger partial charge < -0.3 is 51.2 Å². The predicted molar refractivity (Wildman–Crippen MR) is 318 cm³/mol. The molecule has 2 aliphatic heterocycles. The molecule has 2 saturated carbocycles. The number of imidazole rings is 2. The summed E-state index contributed by atoms with van der Waals surface area (Å²) in [4.78, 5) is 90.9. The van der Waals surface area contributed by atoms with Crippen molar-refractivity contribution in [1.29, 1.82) is 5.59 Å². The summed E-state index contributed by atoms with van der Waals surface area (Å²) in [5.41, 5.74) is 10.0. The van der Waals surface area contributed by atoms with E-state index in [0.29, 0.717) is 79.7 Å². The van der Waals surface area contributed by atoms with E-state index < -0.39 is 5.97 Å². The average molecular weight is 1150 g/mol. The van der Waals surface area contributed by atoms with Gasteiger partial charge in [0.15, 0.2) is 34.2 Å². The number of benzene rings is 2. The van der Waals surface area contributed by atoms with E-state index in [2.05, 4.69) is 62.3 Å². The van der Waals surface area contributed by atoms with Gasteiger partial charge in [0.05, 0.1) is 12.7 Å². The van der Waals surface area contributed by atoms with Crippen LogP contribution in [0.25, 0.3) is 22.3 Å². The minimum Gasteiger partial charge on any atom is -0.373 e. The molecule has 444 valence electrons. The lowest BCUT2D eigenvalue weighted by atomic mass is 9.95. The van der Waals surface area contributed by atoms with Gasteiger partial charge in [0.2, 0.25) is 11.9 Å². The van der Waals surface area contributed by atoms with Crippen LogP contribution in [0.5, 0.6) is 0 Å². The van der Waals surface area contributed by atoms with Crippen LogP contribution in [0.15, 0.2) is 61.2 Å². The van der Waals surface area contributed by atoms with Crippen LogP contribution in [-0.4, -0.2) is 108 Å². The maximum Gasteiger partial charge on any atom is 0.324 e. The van der Waals surface area contributed by atoms with Crippen LogP contribution < -0.4 is 37.8 Å². The van der Waals surface area contributed by atoms with Gasteiger partial charge in [-0.2, -0.15) is 30.7 Å². The first-order valence-electron chi connectivity index (χ1n) is 28.4. The molecule has 0 bridgehead atoms. The normalized spacial score (nSPS) is 17.2. The number of anilines is 6. The van der Waals surface area contributed by atoms with Crippen molar-refractivity contribution in [3.8, 4) is 0 Å². The highest BCUT2D eigenvalue weighted by molar-refractivity contribution is 5.95. The quantitative estimate of drug-likeness (QED) is 0.0173. The Morgan fingerprint density at radius 3 is 1.73 bits per heavy atom. The standard InChI is InChI=1S/C33H45N7O4.C23H30N8O3.CH4.ClH.HNO/c41-26(27-13-5-8-20-43-27)12-4-7-19-34-32(42)23-15-17-25(18-16-23)37-33-38-30(36-24-10-2-1-3-11-24)29-31(39-33)40(22-35-29)28-14-6-9-21-44-28;24-34-18(32)8-4-5-13-25-22(33)15-9-11-17(12-10-15)29-23-30-20-19(26-14-27-20)21(31-23)28-16-6-2-1-3-7-16;;;1-2/h15-18,22,24,27-28H,1-14,19-21H2,(H,34,42)(H2,36,37,38,39);9-12,14,16H,1-8,13,24H2,(H,25,33)(H3,26,27,28,29,30,31);1H4;1H;1H. The highest BCUT2D eigenvalue weighted by Crippen LogP contribution is 2.32. The fraction of sp³-hybridized carbons (Fsp3) is 0.544. The molecule has 6 aromatic rings. The Kier molecular flexibility index (Phi) is 26.1. The van der Waals surface area contributed by atoms with E-state index in [1.54, 1.807) is 42.7 Å². The van der Waals surface area contributed by atoms with E-state index >= 15 is 0 Å². The molecular weight excluding hydrogens is 1070 g/mol. The van der Waals surface area contributed by atoms with Crippen LogP contribution >= 0.6 is 12.4 Å². The molecule has 24 nitrogen and oxygen atoms in total. The molecule has 2 amide bonds. The van der Waals surface area contributed by atoms with E-state index in [9.17, 15) is 19.2 Å². The number of hydrogen-bond donors (Lipinski definition) is 9. The van der Waals surface area contributed by atoms with Crippen molar-refractivity contribution < 1.29 is 33.5 Å². The molecule has 82 heavy (non-hydrogen) atoms. The number of nitroso groups, excluding NO2 is 1. The summed E-state index contributed by atoms with van der Waals surface area (Å²) in [7, 11) is 0. The van der Waals surface area contributed by atoms with E-state index in [1.165, 1.54) is 38.5 Å². The highest BCUT2D eigenvalue weighted by atomic mass is 35.5. The lowest BCUT2D eigenvalue weighted by molar-refractivity contribution is -0.144. The van der Waals surface area contributed by atoms with E-state index in [1.807, 2.05) is 23.0 Å². The minimum absolute atomic E-state index is 0. The number of nitrogens with zero attached hydrogens (tertiary/aromatic N) is 7. The first kappa shape index (κ1) is 63.8. The molecule has 2 aliphatic carbocycles. The molecule has 10 rings (SSSR count). The molecule has 2 unspecified atom stereocenters. The Hall–Kier alpha value is -7.41. The summed E-state index contributed by atoms with van der Waals surface area (Å²) >= 11 is 0. The maximum absolute atomic E-state index is 12.7. The average Bonchev–Trinajstić information content (AvgIpc) is 4.21. The molecule has 25 heteroatoms. The lowest BCUT2D eigenvalue weighted by Crippen LogP contribution is -2.28. The number of H-pyrrole nitrogens is 1. The smallest absolute Gasteiger partial charge is 0.324 e. The number of unbranched alkanes of at least 4 members (excludes halogenated alkanes) is 2. The molecule has 4 fully saturated rings. The van der Waals surface area contributed by atoms with Gasteiger partial charge in [-0.1, -0.05) is 51.5 Å². The van der Waals surface area contributed by atoms with Crippen molar-refractivity contribution in [3.63, 3.8) is 0 Å². The van der Waals surface area contributed by atoms with Crippen molar-refractivity contribution in [1.82, 2.24) is 50.1 Å². The first-order chi connectivity index (χ1) is 39.3. The summed E-state index contributed by atoms with van der Waals surface area (Å²) in [6.45, 7) is 2.41. The van der Waals surface area contributed by atoms with Gasteiger partial charge in [-0.15, -0.1) is 12.4 Å². The van der Waals surface area contributed by atoms with Crippen LogP contribution in [0, 0.1) is 10.5 Å². The number of fused-ring (bicyclic) bond motifs is 2. The van der Waals surface area contributed by atoms with E-state index in [0.717, 1.165) is 123 Å². The number of ether oxygens (including phenoxy) is 2. The number of halogens is 1. The van der Waals surface area contributed by atoms with Crippen molar-refractivity contribution in [3.05, 3.63) is 77.2 Å².